The Labute approximate surface area is 155 Å². The monoisotopic (exact) mass is 364 g/mol. The molecule has 4 rings (SSSR count). The number of amides is 1. The molecule has 27 heavy (non-hydrogen) atoms. The number of carbonyl (C=O) groups is 1. The zero-order chi connectivity index (χ0) is 18.6. The number of nitrogens with one attached hydrogen (secondary N) is 1. The van der Waals surface area contributed by atoms with Crippen molar-refractivity contribution in [3.8, 4) is 0 Å². The Morgan fingerprint density at radius 2 is 1.96 bits per heavy atom. The summed E-state index contributed by atoms with van der Waals surface area (Å²) in [6.07, 6.45) is 4.80. The maximum Gasteiger partial charge on any atom is 0.258 e. The van der Waals surface area contributed by atoms with Crippen LogP contribution in [0.2, 0.25) is 0 Å². The number of fused-ring (bicyclic) bond motifs is 1. The maximum atomic E-state index is 12.3. The molecule has 1 amide bonds. The Kier molecular flexibility index (Phi) is 4.84. The van der Waals surface area contributed by atoms with Crippen molar-refractivity contribution in [3.63, 3.8) is 0 Å². The molecule has 3 heterocycles. The SMILES string of the molecule is O=C(/C=C/c1ccco1)N1CCN(Cc2nc3ccccc3c(=O)[nH]2)CC1. The second-order valence-electron chi connectivity index (χ2n) is 6.48. The number of nitrogens with zero attached hydrogens (tertiary/aromatic N) is 3. The predicted molar refractivity (Wildman–Crippen MR) is 102 cm³/mol. The molecule has 1 aromatic carbocycles. The average Bonchev–Trinajstić information content (AvgIpc) is 3.20. The van der Waals surface area contributed by atoms with E-state index in [0.717, 1.165) is 13.1 Å². The van der Waals surface area contributed by atoms with Crippen molar-refractivity contribution in [2.45, 2.75) is 6.54 Å². The third-order valence-electron chi connectivity index (χ3n) is 4.65. The molecule has 1 N–H and O–H groups in total. The van der Waals surface area contributed by atoms with E-state index in [9.17, 15) is 9.59 Å². The Bertz CT molecular complexity index is 1020. The summed E-state index contributed by atoms with van der Waals surface area (Å²) in [5, 5.41) is 0.597. The molecule has 0 saturated carbocycles. The highest BCUT2D eigenvalue weighted by atomic mass is 16.3. The number of benzene rings is 1. The summed E-state index contributed by atoms with van der Waals surface area (Å²) in [6, 6.07) is 10.9. The van der Waals surface area contributed by atoms with Gasteiger partial charge in [-0.25, -0.2) is 4.98 Å². The van der Waals surface area contributed by atoms with Crippen molar-refractivity contribution < 1.29 is 9.21 Å². The molecule has 0 spiro atoms. The number of piperazine rings is 1. The van der Waals surface area contributed by atoms with Gasteiger partial charge in [-0.15, -0.1) is 0 Å². The van der Waals surface area contributed by atoms with Crippen molar-refractivity contribution >= 4 is 22.9 Å². The molecule has 1 aliphatic heterocycles. The summed E-state index contributed by atoms with van der Waals surface area (Å²) >= 11 is 0. The molecule has 0 atom stereocenters. The van der Waals surface area contributed by atoms with Crippen LogP contribution in [0.1, 0.15) is 11.6 Å². The van der Waals surface area contributed by atoms with Gasteiger partial charge < -0.3 is 14.3 Å². The van der Waals surface area contributed by atoms with E-state index in [-0.39, 0.29) is 11.5 Å². The second-order valence-corrected chi connectivity index (χ2v) is 6.48. The quantitative estimate of drug-likeness (QED) is 0.715. The first-order valence-electron chi connectivity index (χ1n) is 8.90. The number of hydrogen-bond donors (Lipinski definition) is 1. The minimum absolute atomic E-state index is 0.0247. The van der Waals surface area contributed by atoms with E-state index in [0.29, 0.717) is 42.1 Å². The van der Waals surface area contributed by atoms with Gasteiger partial charge in [-0.1, -0.05) is 12.1 Å². The van der Waals surface area contributed by atoms with Gasteiger partial charge in [-0.3, -0.25) is 14.5 Å². The first-order chi connectivity index (χ1) is 13.2. The van der Waals surface area contributed by atoms with Gasteiger partial charge in [0.25, 0.3) is 5.56 Å². The van der Waals surface area contributed by atoms with Crippen LogP contribution < -0.4 is 5.56 Å². The highest BCUT2D eigenvalue weighted by molar-refractivity contribution is 5.91. The van der Waals surface area contributed by atoms with Crippen molar-refractivity contribution in [1.29, 1.82) is 0 Å². The molecule has 3 aromatic rings. The highest BCUT2D eigenvalue weighted by Crippen LogP contribution is 2.10. The van der Waals surface area contributed by atoms with Crippen LogP contribution in [0.5, 0.6) is 0 Å². The van der Waals surface area contributed by atoms with Gasteiger partial charge in [0.1, 0.15) is 11.6 Å². The Morgan fingerprint density at radius 1 is 1.15 bits per heavy atom. The summed E-state index contributed by atoms with van der Waals surface area (Å²) in [5.41, 5.74) is 0.584. The maximum absolute atomic E-state index is 12.3. The fourth-order valence-corrected chi connectivity index (χ4v) is 3.19. The summed E-state index contributed by atoms with van der Waals surface area (Å²) in [5.74, 6) is 1.28. The lowest BCUT2D eigenvalue weighted by Crippen LogP contribution is -2.48. The zero-order valence-corrected chi connectivity index (χ0v) is 14.8. The van der Waals surface area contributed by atoms with E-state index in [1.54, 1.807) is 30.5 Å². The summed E-state index contributed by atoms with van der Waals surface area (Å²) in [7, 11) is 0. The fourth-order valence-electron chi connectivity index (χ4n) is 3.19. The minimum atomic E-state index is -0.118. The number of para-hydroxylation sites is 1. The van der Waals surface area contributed by atoms with Gasteiger partial charge in [0.2, 0.25) is 5.91 Å². The van der Waals surface area contributed by atoms with Crippen molar-refractivity contribution in [2.24, 2.45) is 0 Å². The summed E-state index contributed by atoms with van der Waals surface area (Å²) in [4.78, 5) is 35.8. The van der Waals surface area contributed by atoms with Crippen LogP contribution in [0.3, 0.4) is 0 Å². The second kappa shape index (κ2) is 7.59. The van der Waals surface area contributed by atoms with Crippen LogP contribution >= 0.6 is 0 Å². The lowest BCUT2D eigenvalue weighted by atomic mass is 10.2. The number of hydrogen-bond acceptors (Lipinski definition) is 5. The number of aromatic amines is 1. The third-order valence-corrected chi connectivity index (χ3v) is 4.65. The van der Waals surface area contributed by atoms with Gasteiger partial charge >= 0.3 is 0 Å². The zero-order valence-electron chi connectivity index (χ0n) is 14.8. The molecule has 1 aliphatic rings. The van der Waals surface area contributed by atoms with E-state index in [1.807, 2.05) is 23.1 Å². The van der Waals surface area contributed by atoms with Gasteiger partial charge in [0.05, 0.1) is 23.7 Å². The molecule has 0 bridgehead atoms. The van der Waals surface area contributed by atoms with Crippen LogP contribution in [0.4, 0.5) is 0 Å². The van der Waals surface area contributed by atoms with Crippen LogP contribution in [0, 0.1) is 0 Å². The average molecular weight is 364 g/mol. The van der Waals surface area contributed by atoms with Crippen LogP contribution in [0.15, 0.2) is 57.9 Å². The molecule has 138 valence electrons. The van der Waals surface area contributed by atoms with Crippen LogP contribution in [-0.2, 0) is 11.3 Å². The van der Waals surface area contributed by atoms with Crippen LogP contribution in [-0.4, -0.2) is 51.9 Å². The third kappa shape index (κ3) is 3.98. The Hall–Kier alpha value is -3.19. The Balaban J connectivity index is 1.35. The predicted octanol–water partition coefficient (Wildman–Crippen LogP) is 1.87. The van der Waals surface area contributed by atoms with E-state index in [1.165, 1.54) is 6.08 Å². The van der Waals surface area contributed by atoms with E-state index >= 15 is 0 Å². The molecule has 0 unspecified atom stereocenters. The molecule has 1 fully saturated rings. The molecule has 7 nitrogen and oxygen atoms in total. The summed E-state index contributed by atoms with van der Waals surface area (Å²) in [6.45, 7) is 3.30. The van der Waals surface area contributed by atoms with Crippen molar-refractivity contribution in [1.82, 2.24) is 19.8 Å². The summed E-state index contributed by atoms with van der Waals surface area (Å²) < 4.78 is 5.19. The fraction of sp³-hybridized carbons (Fsp3) is 0.250. The molecular weight excluding hydrogens is 344 g/mol. The molecule has 2 aromatic heterocycles. The van der Waals surface area contributed by atoms with E-state index < -0.39 is 0 Å². The van der Waals surface area contributed by atoms with Gasteiger partial charge in [0.15, 0.2) is 0 Å². The lowest BCUT2D eigenvalue weighted by molar-refractivity contribution is -0.127. The van der Waals surface area contributed by atoms with Crippen molar-refractivity contribution in [2.75, 3.05) is 26.2 Å². The molecule has 0 radical (unpaired) electrons. The standard InChI is InChI=1S/C20H20N4O3/c25-19(8-7-15-4-3-13-27-15)24-11-9-23(10-12-24)14-18-21-17-6-2-1-5-16(17)20(26)22-18/h1-8,13H,9-12,14H2,(H,21,22,26)/b8-7+. The number of H-pyrrole nitrogens is 1. The molecular formula is C20H20N4O3. The number of aromatic nitrogens is 2. The van der Waals surface area contributed by atoms with Gasteiger partial charge in [0, 0.05) is 32.3 Å². The largest absolute Gasteiger partial charge is 0.465 e. The highest BCUT2D eigenvalue weighted by Gasteiger charge is 2.20. The number of rotatable bonds is 4. The van der Waals surface area contributed by atoms with E-state index in [2.05, 4.69) is 14.9 Å². The first-order valence-corrected chi connectivity index (χ1v) is 8.90. The van der Waals surface area contributed by atoms with E-state index in [4.69, 9.17) is 4.42 Å². The molecule has 7 heteroatoms. The first kappa shape index (κ1) is 17.2. The number of furan rings is 1. The van der Waals surface area contributed by atoms with Gasteiger partial charge in [-0.2, -0.15) is 0 Å². The smallest absolute Gasteiger partial charge is 0.258 e. The number of carbonyl (C=O) groups excluding carboxylic acids is 1. The topological polar surface area (TPSA) is 82.4 Å². The van der Waals surface area contributed by atoms with Crippen LogP contribution in [0.25, 0.3) is 17.0 Å². The Morgan fingerprint density at radius 3 is 2.74 bits per heavy atom. The minimum Gasteiger partial charge on any atom is -0.465 e. The van der Waals surface area contributed by atoms with Gasteiger partial charge in [-0.05, 0) is 30.3 Å². The molecule has 1 saturated heterocycles. The van der Waals surface area contributed by atoms with Crippen molar-refractivity contribution in [3.05, 3.63) is 70.7 Å². The normalized spacial score (nSPS) is 15.6. The lowest BCUT2D eigenvalue weighted by Gasteiger charge is -2.33. The molecule has 0 aliphatic carbocycles.